The first-order chi connectivity index (χ1) is 9.32. The van der Waals surface area contributed by atoms with Crippen molar-refractivity contribution in [2.75, 3.05) is 7.11 Å². The lowest BCUT2D eigenvalue weighted by atomic mass is 9.52. The number of ether oxygens (including phenoxy) is 2. The average Bonchev–Trinajstić information content (AvgIpc) is 2.68. The SMILES string of the molecule is CO[C@]1(C)CC[C@@H](O)[C@]2(C)C[C@@H]3OC(=O)C(C)=C3C[C@H]21. The Bertz CT molecular complexity index is 483. The van der Waals surface area contributed by atoms with Gasteiger partial charge >= 0.3 is 5.97 Å². The van der Waals surface area contributed by atoms with Gasteiger partial charge in [-0.15, -0.1) is 0 Å². The van der Waals surface area contributed by atoms with Crippen LogP contribution in [0.2, 0.25) is 0 Å². The Kier molecular flexibility index (Phi) is 3.04. The molecule has 3 rings (SSSR count). The summed E-state index contributed by atoms with van der Waals surface area (Å²) < 4.78 is 11.3. The Morgan fingerprint density at radius 3 is 2.75 bits per heavy atom. The van der Waals surface area contributed by atoms with Crippen molar-refractivity contribution in [3.63, 3.8) is 0 Å². The summed E-state index contributed by atoms with van der Waals surface area (Å²) >= 11 is 0. The zero-order valence-corrected chi connectivity index (χ0v) is 12.7. The molecule has 2 fully saturated rings. The molecule has 0 saturated heterocycles. The van der Waals surface area contributed by atoms with Gasteiger partial charge in [0.15, 0.2) is 0 Å². The summed E-state index contributed by atoms with van der Waals surface area (Å²) in [5.74, 6) is 0.0281. The molecule has 2 aliphatic carbocycles. The zero-order chi connectivity index (χ0) is 14.7. The first kappa shape index (κ1) is 14.1. The molecule has 3 aliphatic rings. The Hall–Kier alpha value is -0.870. The minimum absolute atomic E-state index is 0.141. The first-order valence-electron chi connectivity index (χ1n) is 7.45. The van der Waals surface area contributed by atoms with Crippen molar-refractivity contribution < 1.29 is 19.4 Å². The second-order valence-corrected chi connectivity index (χ2v) is 7.08. The maximum atomic E-state index is 11.8. The van der Waals surface area contributed by atoms with Gasteiger partial charge in [-0.05, 0) is 51.0 Å². The van der Waals surface area contributed by atoms with Gasteiger partial charge in [-0.1, -0.05) is 6.92 Å². The summed E-state index contributed by atoms with van der Waals surface area (Å²) in [4.78, 5) is 11.8. The Morgan fingerprint density at radius 2 is 2.10 bits per heavy atom. The molecule has 1 heterocycles. The molecule has 0 unspecified atom stereocenters. The van der Waals surface area contributed by atoms with E-state index in [4.69, 9.17) is 9.47 Å². The minimum Gasteiger partial charge on any atom is -0.454 e. The van der Waals surface area contributed by atoms with Crippen molar-refractivity contribution in [3.8, 4) is 0 Å². The zero-order valence-electron chi connectivity index (χ0n) is 12.7. The largest absolute Gasteiger partial charge is 0.454 e. The van der Waals surface area contributed by atoms with Crippen molar-refractivity contribution in [2.45, 2.75) is 64.3 Å². The molecule has 112 valence electrons. The van der Waals surface area contributed by atoms with Gasteiger partial charge in [0.25, 0.3) is 0 Å². The van der Waals surface area contributed by atoms with Gasteiger partial charge in [0.1, 0.15) is 6.10 Å². The van der Waals surface area contributed by atoms with E-state index in [1.54, 1.807) is 7.11 Å². The van der Waals surface area contributed by atoms with Gasteiger partial charge in [0, 0.05) is 18.1 Å². The van der Waals surface area contributed by atoms with E-state index in [2.05, 4.69) is 13.8 Å². The van der Waals surface area contributed by atoms with Gasteiger partial charge in [0.2, 0.25) is 0 Å². The van der Waals surface area contributed by atoms with E-state index in [1.807, 2.05) is 6.92 Å². The number of rotatable bonds is 1. The molecule has 1 N–H and O–H groups in total. The first-order valence-corrected chi connectivity index (χ1v) is 7.45. The minimum atomic E-state index is -0.350. The van der Waals surface area contributed by atoms with E-state index in [1.165, 1.54) is 0 Å². The van der Waals surface area contributed by atoms with Crippen LogP contribution in [0.15, 0.2) is 11.1 Å². The van der Waals surface area contributed by atoms with Crippen molar-refractivity contribution in [3.05, 3.63) is 11.1 Å². The summed E-state index contributed by atoms with van der Waals surface area (Å²) in [5, 5.41) is 10.5. The summed E-state index contributed by atoms with van der Waals surface area (Å²) in [7, 11) is 1.75. The van der Waals surface area contributed by atoms with Crippen LogP contribution in [0, 0.1) is 11.3 Å². The van der Waals surface area contributed by atoms with Crippen LogP contribution in [0.1, 0.15) is 46.5 Å². The molecule has 0 aromatic heterocycles. The van der Waals surface area contributed by atoms with Gasteiger partial charge in [0.05, 0.1) is 11.7 Å². The summed E-state index contributed by atoms with van der Waals surface area (Å²) in [6.07, 6.45) is 2.61. The van der Waals surface area contributed by atoms with Crippen LogP contribution in [-0.2, 0) is 14.3 Å². The standard InChI is InChI=1S/C16H24O4/c1-9-10-7-12-15(2,8-11(10)20-14(9)18)13(17)5-6-16(12,3)19-4/h11-13,17H,5-8H2,1-4H3/t11-,12+,13+,15+,16+/m0/s1. The normalized spacial score (nSPS) is 47.9. The lowest BCUT2D eigenvalue weighted by Gasteiger charge is -2.57. The lowest BCUT2D eigenvalue weighted by molar-refractivity contribution is -0.185. The Morgan fingerprint density at radius 1 is 1.40 bits per heavy atom. The molecule has 0 bridgehead atoms. The van der Waals surface area contributed by atoms with Crippen LogP contribution >= 0.6 is 0 Å². The number of aliphatic hydroxyl groups is 1. The van der Waals surface area contributed by atoms with Crippen LogP contribution in [0.3, 0.4) is 0 Å². The van der Waals surface area contributed by atoms with E-state index >= 15 is 0 Å². The lowest BCUT2D eigenvalue weighted by Crippen LogP contribution is -2.59. The Labute approximate surface area is 120 Å². The molecule has 1 aliphatic heterocycles. The molecule has 4 heteroatoms. The molecule has 4 nitrogen and oxygen atoms in total. The monoisotopic (exact) mass is 280 g/mol. The molecular weight excluding hydrogens is 256 g/mol. The van der Waals surface area contributed by atoms with Crippen LogP contribution in [0.5, 0.6) is 0 Å². The van der Waals surface area contributed by atoms with Crippen molar-refractivity contribution in [2.24, 2.45) is 11.3 Å². The molecule has 0 spiro atoms. The third-order valence-corrected chi connectivity index (χ3v) is 6.15. The average molecular weight is 280 g/mol. The summed E-state index contributed by atoms with van der Waals surface area (Å²) in [6, 6.07) is 0. The molecule has 0 aromatic rings. The highest BCUT2D eigenvalue weighted by atomic mass is 16.5. The predicted octanol–water partition coefficient (Wildman–Crippen LogP) is 2.20. The van der Waals surface area contributed by atoms with Crippen molar-refractivity contribution in [1.82, 2.24) is 0 Å². The fourth-order valence-corrected chi connectivity index (χ4v) is 4.56. The number of carbonyl (C=O) groups is 1. The topological polar surface area (TPSA) is 55.8 Å². The van der Waals surface area contributed by atoms with Crippen molar-refractivity contribution in [1.29, 1.82) is 0 Å². The molecule has 20 heavy (non-hydrogen) atoms. The van der Waals surface area contributed by atoms with Gasteiger partial charge in [-0.2, -0.15) is 0 Å². The van der Waals surface area contributed by atoms with Crippen LogP contribution in [0.25, 0.3) is 0 Å². The van der Waals surface area contributed by atoms with E-state index in [9.17, 15) is 9.90 Å². The molecular formula is C16H24O4. The number of methoxy groups -OCH3 is 1. The number of aliphatic hydroxyl groups excluding tert-OH is 1. The third kappa shape index (κ3) is 1.70. The van der Waals surface area contributed by atoms with E-state index in [-0.39, 0.29) is 35.1 Å². The van der Waals surface area contributed by atoms with E-state index < -0.39 is 0 Å². The van der Waals surface area contributed by atoms with E-state index in [0.29, 0.717) is 6.42 Å². The summed E-state index contributed by atoms with van der Waals surface area (Å²) in [6.45, 7) is 6.11. The second kappa shape index (κ2) is 4.31. The molecule has 2 saturated carbocycles. The van der Waals surface area contributed by atoms with Gasteiger partial charge in [-0.3, -0.25) is 0 Å². The summed E-state index contributed by atoms with van der Waals surface area (Å²) in [5.41, 5.74) is 1.39. The van der Waals surface area contributed by atoms with E-state index in [0.717, 1.165) is 30.4 Å². The number of hydrogen-bond acceptors (Lipinski definition) is 4. The fraction of sp³-hybridized carbons (Fsp3) is 0.812. The smallest absolute Gasteiger partial charge is 0.334 e. The predicted molar refractivity (Wildman–Crippen MR) is 74.1 cm³/mol. The highest BCUT2D eigenvalue weighted by Crippen LogP contribution is 2.58. The fourth-order valence-electron chi connectivity index (χ4n) is 4.56. The highest BCUT2D eigenvalue weighted by molar-refractivity contribution is 5.91. The maximum absolute atomic E-state index is 11.8. The van der Waals surface area contributed by atoms with Crippen LogP contribution < -0.4 is 0 Å². The number of hydrogen-bond donors (Lipinski definition) is 1. The second-order valence-electron chi connectivity index (χ2n) is 7.08. The quantitative estimate of drug-likeness (QED) is 0.748. The molecule has 0 aromatic carbocycles. The Balaban J connectivity index is 2.02. The van der Waals surface area contributed by atoms with Crippen molar-refractivity contribution >= 4 is 5.97 Å². The molecule has 0 amide bonds. The number of carbonyl (C=O) groups excluding carboxylic acids is 1. The van der Waals surface area contributed by atoms with Gasteiger partial charge in [-0.25, -0.2) is 4.79 Å². The highest BCUT2D eigenvalue weighted by Gasteiger charge is 2.59. The van der Waals surface area contributed by atoms with Gasteiger partial charge < -0.3 is 14.6 Å². The molecule has 5 atom stereocenters. The van der Waals surface area contributed by atoms with Crippen LogP contribution in [-0.4, -0.2) is 36.0 Å². The number of esters is 1. The molecule has 0 radical (unpaired) electrons. The number of fused-ring (bicyclic) bond motifs is 2. The maximum Gasteiger partial charge on any atom is 0.334 e. The van der Waals surface area contributed by atoms with Crippen LogP contribution in [0.4, 0.5) is 0 Å². The third-order valence-electron chi connectivity index (χ3n) is 6.15.